The maximum absolute atomic E-state index is 13.5. The number of allylic oxidation sites excluding steroid dienone is 1. The highest BCUT2D eigenvalue weighted by Crippen LogP contribution is 2.38. The summed E-state index contributed by atoms with van der Waals surface area (Å²) >= 11 is 0. The Balaban J connectivity index is 1.83. The summed E-state index contributed by atoms with van der Waals surface area (Å²) in [6, 6.07) is 13.4. The second-order valence-electron chi connectivity index (χ2n) is 7.09. The van der Waals surface area contributed by atoms with E-state index in [-0.39, 0.29) is 11.8 Å². The number of hydrogen-bond donors (Lipinski definition) is 1. The number of nitrogens with zero attached hydrogens (tertiary/aromatic N) is 2. The van der Waals surface area contributed by atoms with Crippen LogP contribution in [0.3, 0.4) is 0 Å². The van der Waals surface area contributed by atoms with E-state index in [4.69, 9.17) is 9.47 Å². The van der Waals surface area contributed by atoms with Crippen LogP contribution in [-0.2, 0) is 11.2 Å². The van der Waals surface area contributed by atoms with Gasteiger partial charge in [-0.05, 0) is 18.1 Å². The lowest BCUT2D eigenvalue weighted by molar-refractivity contribution is -0.115. The number of ketones is 1. The largest absolute Gasteiger partial charge is 0.497 e. The lowest BCUT2D eigenvalue weighted by atomic mass is 10.0. The van der Waals surface area contributed by atoms with Crippen LogP contribution in [0.25, 0.3) is 0 Å². The lowest BCUT2D eigenvalue weighted by Crippen LogP contribution is -2.35. The van der Waals surface area contributed by atoms with Crippen molar-refractivity contribution < 1.29 is 14.3 Å². The maximum atomic E-state index is 13.5. The highest BCUT2D eigenvalue weighted by atomic mass is 16.5. The van der Waals surface area contributed by atoms with E-state index in [2.05, 4.69) is 16.4 Å². The van der Waals surface area contributed by atoms with Crippen molar-refractivity contribution in [2.24, 2.45) is 4.99 Å². The number of methoxy groups -OCH3 is 2. The van der Waals surface area contributed by atoms with Crippen molar-refractivity contribution in [3.05, 3.63) is 59.3 Å². The number of ether oxygens (including phenoxy) is 2. The Labute approximate surface area is 170 Å². The summed E-state index contributed by atoms with van der Waals surface area (Å²) in [7, 11) is 4.97. The van der Waals surface area contributed by atoms with Crippen LogP contribution in [0.5, 0.6) is 11.5 Å². The number of benzene rings is 2. The third-order valence-electron chi connectivity index (χ3n) is 5.50. The van der Waals surface area contributed by atoms with Gasteiger partial charge in [-0.25, -0.2) is 0 Å². The average Bonchev–Trinajstić information content (AvgIpc) is 3.30. The molecule has 0 radical (unpaired) electrons. The Morgan fingerprint density at radius 3 is 2.41 bits per heavy atom. The first-order valence-electron chi connectivity index (χ1n) is 9.73. The zero-order valence-corrected chi connectivity index (χ0v) is 17.2. The van der Waals surface area contributed by atoms with Crippen LogP contribution >= 0.6 is 0 Å². The molecule has 2 aromatic carbocycles. The van der Waals surface area contributed by atoms with Gasteiger partial charge in [-0.3, -0.25) is 9.79 Å². The molecule has 2 aromatic rings. The number of aliphatic imine (C=N–C) groups is 1. The van der Waals surface area contributed by atoms with Crippen molar-refractivity contribution in [2.75, 3.05) is 31.5 Å². The lowest BCUT2D eigenvalue weighted by Gasteiger charge is -2.25. The van der Waals surface area contributed by atoms with Gasteiger partial charge in [0.05, 0.1) is 31.5 Å². The molecule has 0 aromatic heterocycles. The summed E-state index contributed by atoms with van der Waals surface area (Å²) < 4.78 is 10.9. The number of carbonyl (C=O) groups is 1. The molecule has 150 valence electrons. The molecule has 6 heteroatoms. The number of hydrogen-bond acceptors (Lipinski definition) is 5. The van der Waals surface area contributed by atoms with Crippen molar-refractivity contribution in [2.45, 2.75) is 25.8 Å². The molecule has 0 spiro atoms. The third-order valence-corrected chi connectivity index (χ3v) is 5.50. The summed E-state index contributed by atoms with van der Waals surface area (Å²) in [5, 5.41) is 3.43. The van der Waals surface area contributed by atoms with E-state index in [9.17, 15) is 4.79 Å². The topological polar surface area (TPSA) is 63.2 Å². The monoisotopic (exact) mass is 391 g/mol. The fourth-order valence-electron chi connectivity index (χ4n) is 4.11. The van der Waals surface area contributed by atoms with Crippen molar-refractivity contribution in [3.8, 4) is 11.5 Å². The fourth-order valence-corrected chi connectivity index (χ4v) is 4.11. The van der Waals surface area contributed by atoms with Gasteiger partial charge in [0.1, 0.15) is 17.3 Å². The molecule has 1 atom stereocenters. The number of amidine groups is 1. The predicted octanol–water partition coefficient (Wildman–Crippen LogP) is 3.82. The van der Waals surface area contributed by atoms with Gasteiger partial charge in [0.15, 0.2) is 5.78 Å². The molecule has 1 fully saturated rings. The molecule has 1 N–H and O–H groups in total. The molecule has 0 bridgehead atoms. The molecule has 2 heterocycles. The molecular weight excluding hydrogens is 366 g/mol. The summed E-state index contributed by atoms with van der Waals surface area (Å²) in [6.07, 6.45) is 1.36. The Morgan fingerprint density at radius 1 is 1.14 bits per heavy atom. The molecule has 0 saturated carbocycles. The number of rotatable bonds is 4. The zero-order valence-electron chi connectivity index (χ0n) is 17.2. The predicted molar refractivity (Wildman–Crippen MR) is 115 cm³/mol. The van der Waals surface area contributed by atoms with Crippen LogP contribution in [0, 0.1) is 0 Å². The van der Waals surface area contributed by atoms with Gasteiger partial charge >= 0.3 is 0 Å². The molecule has 2 aliphatic rings. The minimum atomic E-state index is -0.321. The van der Waals surface area contributed by atoms with Crippen LogP contribution in [-0.4, -0.2) is 38.9 Å². The molecule has 4 rings (SSSR count). The summed E-state index contributed by atoms with van der Waals surface area (Å²) in [5.41, 5.74) is 4.64. The highest BCUT2D eigenvalue weighted by molar-refractivity contribution is 6.36. The highest BCUT2D eigenvalue weighted by Gasteiger charge is 2.43. The second-order valence-corrected chi connectivity index (χ2v) is 7.09. The maximum Gasteiger partial charge on any atom is 0.191 e. The first-order valence-corrected chi connectivity index (χ1v) is 9.73. The Kier molecular flexibility index (Phi) is 5.01. The molecule has 2 aliphatic heterocycles. The second kappa shape index (κ2) is 7.62. The van der Waals surface area contributed by atoms with Gasteiger partial charge in [-0.2, -0.15) is 0 Å². The van der Waals surface area contributed by atoms with Gasteiger partial charge in [0, 0.05) is 43.1 Å². The van der Waals surface area contributed by atoms with Crippen LogP contribution in [0.1, 0.15) is 18.9 Å². The Morgan fingerprint density at radius 2 is 1.83 bits per heavy atom. The van der Waals surface area contributed by atoms with E-state index in [0.29, 0.717) is 35.7 Å². The van der Waals surface area contributed by atoms with Gasteiger partial charge in [0.2, 0.25) is 0 Å². The first kappa shape index (κ1) is 19.1. The Hall–Kier alpha value is -3.28. The number of anilines is 2. The van der Waals surface area contributed by atoms with Crippen molar-refractivity contribution in [1.82, 2.24) is 0 Å². The third kappa shape index (κ3) is 3.14. The van der Waals surface area contributed by atoms with Gasteiger partial charge < -0.3 is 19.7 Å². The quantitative estimate of drug-likeness (QED) is 0.803. The molecule has 6 nitrogen and oxygen atoms in total. The van der Waals surface area contributed by atoms with E-state index in [1.54, 1.807) is 21.3 Å². The van der Waals surface area contributed by atoms with Gasteiger partial charge in [-0.15, -0.1) is 0 Å². The van der Waals surface area contributed by atoms with Crippen molar-refractivity contribution in [3.63, 3.8) is 0 Å². The van der Waals surface area contributed by atoms with Crippen LogP contribution < -0.4 is 19.7 Å². The SMILES string of the molecule is CC[C@H]1C(=O)C(=C2Cc3ccccc3N2)C(=NC)N1c1cc(OC)cc(OC)c1. The first-order chi connectivity index (χ1) is 14.1. The fraction of sp³-hybridized carbons (Fsp3) is 0.304. The Bertz CT molecular complexity index is 977. The number of fused-ring (bicyclic) bond motifs is 1. The van der Waals surface area contributed by atoms with E-state index >= 15 is 0 Å². The average molecular weight is 391 g/mol. The van der Waals surface area contributed by atoms with Gasteiger partial charge in [-0.1, -0.05) is 25.1 Å². The van der Waals surface area contributed by atoms with Gasteiger partial charge in [0.25, 0.3) is 0 Å². The summed E-state index contributed by atoms with van der Waals surface area (Å²) in [5.74, 6) is 2.10. The number of nitrogens with one attached hydrogen (secondary N) is 1. The van der Waals surface area contributed by atoms with E-state index in [1.165, 1.54) is 5.56 Å². The standard InChI is InChI=1S/C23H25N3O3/c1-5-20-22(27)21(19-10-14-8-6-7-9-18(14)25-19)23(24-2)26(20)15-11-16(28-3)13-17(12-15)29-4/h6-9,11-13,20,25H,5,10H2,1-4H3/t20-/m0/s1. The summed E-state index contributed by atoms with van der Waals surface area (Å²) in [4.78, 5) is 20.0. The van der Waals surface area contributed by atoms with Crippen molar-refractivity contribution >= 4 is 23.0 Å². The normalized spacial score (nSPS) is 22.1. The molecule has 0 amide bonds. The molecule has 29 heavy (non-hydrogen) atoms. The number of carbonyl (C=O) groups excluding carboxylic acids is 1. The van der Waals surface area contributed by atoms with Crippen LogP contribution in [0.2, 0.25) is 0 Å². The van der Waals surface area contributed by atoms with E-state index in [1.807, 2.05) is 48.2 Å². The van der Waals surface area contributed by atoms with Crippen molar-refractivity contribution in [1.29, 1.82) is 0 Å². The zero-order chi connectivity index (χ0) is 20.5. The smallest absolute Gasteiger partial charge is 0.191 e. The van der Waals surface area contributed by atoms with E-state index in [0.717, 1.165) is 17.1 Å². The summed E-state index contributed by atoms with van der Waals surface area (Å²) in [6.45, 7) is 2.02. The minimum Gasteiger partial charge on any atom is -0.497 e. The number of Topliss-reactive ketones (excluding diaryl/α,β-unsaturated/α-hetero) is 1. The molecular formula is C23H25N3O3. The van der Waals surface area contributed by atoms with Crippen LogP contribution in [0.4, 0.5) is 11.4 Å². The number of para-hydroxylation sites is 1. The van der Waals surface area contributed by atoms with E-state index < -0.39 is 0 Å². The molecule has 1 saturated heterocycles. The molecule has 0 unspecified atom stereocenters. The van der Waals surface area contributed by atoms with Crippen LogP contribution in [0.15, 0.2) is 58.7 Å². The minimum absolute atomic E-state index is 0.0881. The molecule has 0 aliphatic carbocycles.